The van der Waals surface area contributed by atoms with Crippen LogP contribution in [0.15, 0.2) is 18.2 Å². The number of rotatable bonds is 3. The molecule has 0 aliphatic heterocycles. The molecule has 1 aliphatic carbocycles. The fourth-order valence-electron chi connectivity index (χ4n) is 3.68. The summed E-state index contributed by atoms with van der Waals surface area (Å²) in [6.45, 7) is 4.59. The second-order valence-electron chi connectivity index (χ2n) is 6.11. The van der Waals surface area contributed by atoms with Crippen LogP contribution < -0.4 is 5.32 Å². The Morgan fingerprint density at radius 2 is 1.84 bits per heavy atom. The molecule has 1 nitrogen and oxygen atoms in total. The monoisotopic (exact) mass is 283 g/mol. The first kappa shape index (κ1) is 14.8. The number of benzene rings is 1. The highest BCUT2D eigenvalue weighted by molar-refractivity contribution is 6.30. The molecular weight excluding hydrogens is 261 g/mol. The van der Waals surface area contributed by atoms with Crippen molar-refractivity contribution in [2.24, 2.45) is 17.8 Å². The van der Waals surface area contributed by atoms with E-state index in [1.807, 2.05) is 7.05 Å². The van der Waals surface area contributed by atoms with Gasteiger partial charge in [-0.25, -0.2) is 4.39 Å². The summed E-state index contributed by atoms with van der Waals surface area (Å²) in [5, 5.41) is 3.90. The summed E-state index contributed by atoms with van der Waals surface area (Å²) in [4.78, 5) is 0. The van der Waals surface area contributed by atoms with Gasteiger partial charge in [0.25, 0.3) is 0 Å². The summed E-state index contributed by atoms with van der Waals surface area (Å²) in [6, 6.07) is 4.91. The molecule has 1 N–H and O–H groups in total. The van der Waals surface area contributed by atoms with Crippen molar-refractivity contribution in [2.45, 2.75) is 39.2 Å². The summed E-state index contributed by atoms with van der Waals surface area (Å²) in [5.41, 5.74) is 0.710. The van der Waals surface area contributed by atoms with Crippen LogP contribution in [0.2, 0.25) is 5.02 Å². The van der Waals surface area contributed by atoms with Crippen molar-refractivity contribution in [1.82, 2.24) is 5.32 Å². The molecule has 3 unspecified atom stereocenters. The van der Waals surface area contributed by atoms with E-state index in [0.717, 1.165) is 12.8 Å². The molecule has 0 amide bonds. The van der Waals surface area contributed by atoms with Crippen LogP contribution in [0.4, 0.5) is 4.39 Å². The first-order valence-corrected chi connectivity index (χ1v) is 7.51. The molecule has 0 saturated heterocycles. The highest BCUT2D eigenvalue weighted by atomic mass is 35.5. The number of hydrogen-bond donors (Lipinski definition) is 1. The Bertz CT molecular complexity index is 425. The van der Waals surface area contributed by atoms with Crippen LogP contribution in [0.3, 0.4) is 0 Å². The molecule has 0 heterocycles. The molecule has 106 valence electrons. The van der Waals surface area contributed by atoms with E-state index in [1.165, 1.54) is 12.5 Å². The lowest BCUT2D eigenvalue weighted by Crippen LogP contribution is -2.32. The Kier molecular flexibility index (Phi) is 4.86. The minimum absolute atomic E-state index is 0.0592. The van der Waals surface area contributed by atoms with E-state index in [2.05, 4.69) is 19.2 Å². The molecule has 19 heavy (non-hydrogen) atoms. The minimum atomic E-state index is -0.158. The van der Waals surface area contributed by atoms with Crippen LogP contribution in [-0.2, 0) is 0 Å². The zero-order chi connectivity index (χ0) is 14.0. The van der Waals surface area contributed by atoms with Crippen LogP contribution in [0.25, 0.3) is 0 Å². The third-order valence-electron chi connectivity index (χ3n) is 4.29. The lowest BCUT2D eigenvalue weighted by Gasteiger charge is -2.36. The van der Waals surface area contributed by atoms with Gasteiger partial charge in [-0.2, -0.15) is 0 Å². The van der Waals surface area contributed by atoms with Crippen LogP contribution in [0, 0.1) is 23.6 Å². The largest absolute Gasteiger partial charge is 0.313 e. The van der Waals surface area contributed by atoms with E-state index in [-0.39, 0.29) is 11.9 Å². The molecular formula is C16H23ClFN. The molecule has 0 radical (unpaired) electrons. The van der Waals surface area contributed by atoms with Gasteiger partial charge in [-0.1, -0.05) is 25.4 Å². The molecule has 3 heteroatoms. The predicted octanol–water partition coefficient (Wildman–Crippen LogP) is 4.81. The van der Waals surface area contributed by atoms with Gasteiger partial charge >= 0.3 is 0 Å². The van der Waals surface area contributed by atoms with E-state index in [1.54, 1.807) is 12.1 Å². The van der Waals surface area contributed by atoms with Gasteiger partial charge in [-0.3, -0.25) is 0 Å². The summed E-state index contributed by atoms with van der Waals surface area (Å²) >= 11 is 6.02. The van der Waals surface area contributed by atoms with Gasteiger partial charge in [0, 0.05) is 16.6 Å². The summed E-state index contributed by atoms with van der Waals surface area (Å²) in [7, 11) is 1.91. The van der Waals surface area contributed by atoms with Crippen LogP contribution in [0.5, 0.6) is 0 Å². The summed E-state index contributed by atoms with van der Waals surface area (Å²) < 4.78 is 14.1. The van der Waals surface area contributed by atoms with Crippen molar-refractivity contribution in [1.29, 1.82) is 0 Å². The van der Waals surface area contributed by atoms with Crippen molar-refractivity contribution in [3.8, 4) is 0 Å². The molecule has 1 aromatic rings. The van der Waals surface area contributed by atoms with Crippen molar-refractivity contribution >= 4 is 11.6 Å². The molecule has 0 aromatic heterocycles. The van der Waals surface area contributed by atoms with Crippen LogP contribution in [-0.4, -0.2) is 7.05 Å². The van der Waals surface area contributed by atoms with E-state index in [4.69, 9.17) is 11.6 Å². The second kappa shape index (κ2) is 6.23. The normalized spacial score (nSPS) is 29.2. The highest BCUT2D eigenvalue weighted by Crippen LogP contribution is 2.40. The first-order chi connectivity index (χ1) is 9.01. The van der Waals surface area contributed by atoms with Crippen molar-refractivity contribution in [3.63, 3.8) is 0 Å². The fourth-order valence-corrected chi connectivity index (χ4v) is 3.86. The highest BCUT2D eigenvalue weighted by Gasteiger charge is 2.31. The Hall–Kier alpha value is -0.600. The average Bonchev–Trinajstić information content (AvgIpc) is 2.33. The van der Waals surface area contributed by atoms with Gasteiger partial charge in [-0.15, -0.1) is 0 Å². The summed E-state index contributed by atoms with van der Waals surface area (Å²) in [5.74, 6) is 1.75. The molecule has 3 atom stereocenters. The lowest BCUT2D eigenvalue weighted by molar-refractivity contribution is 0.179. The maximum absolute atomic E-state index is 14.1. The Balaban J connectivity index is 2.26. The molecule has 1 fully saturated rings. The maximum Gasteiger partial charge on any atom is 0.128 e. The lowest BCUT2D eigenvalue weighted by atomic mass is 9.72. The Morgan fingerprint density at radius 1 is 1.21 bits per heavy atom. The predicted molar refractivity (Wildman–Crippen MR) is 78.9 cm³/mol. The summed E-state index contributed by atoms with van der Waals surface area (Å²) in [6.07, 6.45) is 3.59. The molecule has 1 aromatic carbocycles. The zero-order valence-corrected chi connectivity index (χ0v) is 12.7. The minimum Gasteiger partial charge on any atom is -0.313 e. The van der Waals surface area contributed by atoms with Gasteiger partial charge < -0.3 is 5.32 Å². The van der Waals surface area contributed by atoms with Gasteiger partial charge in [0.05, 0.1) is 0 Å². The molecule has 2 rings (SSSR count). The number of halogens is 2. The smallest absolute Gasteiger partial charge is 0.128 e. The number of hydrogen-bond acceptors (Lipinski definition) is 1. The zero-order valence-electron chi connectivity index (χ0n) is 11.9. The van der Waals surface area contributed by atoms with E-state index < -0.39 is 0 Å². The number of nitrogens with one attached hydrogen (secondary N) is 1. The van der Waals surface area contributed by atoms with Gasteiger partial charge in [0.1, 0.15) is 5.82 Å². The van der Waals surface area contributed by atoms with Crippen LogP contribution in [0.1, 0.15) is 44.7 Å². The van der Waals surface area contributed by atoms with E-state index in [9.17, 15) is 4.39 Å². The third kappa shape index (κ3) is 3.49. The Morgan fingerprint density at radius 3 is 2.42 bits per heavy atom. The second-order valence-corrected chi connectivity index (χ2v) is 6.55. The SMILES string of the molecule is CNC(c1cc(Cl)ccc1F)C1CC(C)CC(C)C1. The first-order valence-electron chi connectivity index (χ1n) is 7.13. The quantitative estimate of drug-likeness (QED) is 0.839. The third-order valence-corrected chi connectivity index (χ3v) is 4.53. The van der Waals surface area contributed by atoms with Gasteiger partial charge in [0.15, 0.2) is 0 Å². The van der Waals surface area contributed by atoms with Gasteiger partial charge in [0.2, 0.25) is 0 Å². The molecule has 1 aliphatic rings. The van der Waals surface area contributed by atoms with Crippen molar-refractivity contribution in [2.75, 3.05) is 7.05 Å². The Labute approximate surface area is 120 Å². The fraction of sp³-hybridized carbons (Fsp3) is 0.625. The average molecular weight is 284 g/mol. The van der Waals surface area contributed by atoms with Crippen molar-refractivity contribution in [3.05, 3.63) is 34.6 Å². The van der Waals surface area contributed by atoms with Gasteiger partial charge in [-0.05, 0) is 62.3 Å². The molecule has 0 bridgehead atoms. The van der Waals surface area contributed by atoms with E-state index >= 15 is 0 Å². The molecule has 0 spiro atoms. The van der Waals surface area contributed by atoms with Crippen molar-refractivity contribution < 1.29 is 4.39 Å². The van der Waals surface area contributed by atoms with Crippen LogP contribution >= 0.6 is 11.6 Å². The van der Waals surface area contributed by atoms with E-state index in [0.29, 0.717) is 28.3 Å². The topological polar surface area (TPSA) is 12.0 Å². The maximum atomic E-state index is 14.1. The molecule has 1 saturated carbocycles. The standard InChI is InChI=1S/C16H23ClFN/c1-10-6-11(2)8-12(7-10)16(19-3)14-9-13(17)4-5-15(14)18/h4-5,9-12,16,19H,6-8H2,1-3H3.